The minimum absolute atomic E-state index is 0.110. The Bertz CT molecular complexity index is 1060. The van der Waals surface area contributed by atoms with Crippen LogP contribution in [0.4, 0.5) is 5.69 Å². The molecule has 162 valence electrons. The van der Waals surface area contributed by atoms with Gasteiger partial charge in [0.1, 0.15) is 5.75 Å². The van der Waals surface area contributed by atoms with E-state index < -0.39 is 0 Å². The fraction of sp³-hybridized carbons (Fsp3) is 0.320. The van der Waals surface area contributed by atoms with Gasteiger partial charge in [0.15, 0.2) is 0 Å². The van der Waals surface area contributed by atoms with Crippen LogP contribution in [0.25, 0.3) is 10.8 Å². The Kier molecular flexibility index (Phi) is 6.78. The molecule has 0 atom stereocenters. The molecule has 1 aliphatic rings. The molecule has 0 unspecified atom stereocenters. The first kappa shape index (κ1) is 21.7. The van der Waals surface area contributed by atoms with Crippen molar-refractivity contribution in [3.8, 4) is 5.75 Å². The zero-order valence-corrected chi connectivity index (χ0v) is 19.6. The number of anilines is 1. The lowest BCUT2D eigenvalue weighted by Gasteiger charge is -2.36. The molecule has 4 rings (SSSR count). The van der Waals surface area contributed by atoms with Gasteiger partial charge in [-0.2, -0.15) is 0 Å². The first-order valence-electron chi connectivity index (χ1n) is 10.6. The van der Waals surface area contributed by atoms with Crippen LogP contribution in [-0.2, 0) is 0 Å². The summed E-state index contributed by atoms with van der Waals surface area (Å²) in [5.41, 5.74) is 3.12. The topological polar surface area (TPSA) is 44.8 Å². The number of aryl methyl sites for hydroxylation is 1. The molecule has 0 saturated carbocycles. The van der Waals surface area contributed by atoms with Crippen LogP contribution in [0.3, 0.4) is 0 Å². The summed E-state index contributed by atoms with van der Waals surface area (Å²) in [6, 6.07) is 18.5. The highest BCUT2D eigenvalue weighted by atomic mass is 79.9. The monoisotopic (exact) mass is 481 g/mol. The molecule has 0 radical (unpaired) electrons. The molecule has 5 nitrogen and oxygen atoms in total. The Morgan fingerprint density at radius 1 is 1.03 bits per heavy atom. The number of ether oxygens (including phenoxy) is 1. The number of carbonyl (C=O) groups is 1. The Morgan fingerprint density at radius 3 is 2.39 bits per heavy atom. The van der Waals surface area contributed by atoms with Crippen molar-refractivity contribution < 1.29 is 9.53 Å². The number of nitrogens with one attached hydrogen (secondary N) is 1. The second-order valence-corrected chi connectivity index (χ2v) is 8.76. The van der Waals surface area contributed by atoms with Crippen LogP contribution in [-0.4, -0.2) is 57.2 Å². The maximum atomic E-state index is 12.9. The highest BCUT2D eigenvalue weighted by Crippen LogP contribution is 2.35. The van der Waals surface area contributed by atoms with Crippen LogP contribution in [0, 0.1) is 6.92 Å². The zero-order chi connectivity index (χ0) is 21.8. The Balaban J connectivity index is 1.32. The zero-order valence-electron chi connectivity index (χ0n) is 18.0. The first-order valence-corrected chi connectivity index (χ1v) is 11.4. The summed E-state index contributed by atoms with van der Waals surface area (Å²) >= 11 is 3.59. The average Bonchev–Trinajstić information content (AvgIpc) is 2.80. The molecule has 0 bridgehead atoms. The minimum Gasteiger partial charge on any atom is -0.495 e. The smallest absolute Gasteiger partial charge is 0.255 e. The van der Waals surface area contributed by atoms with Crippen LogP contribution < -0.4 is 15.0 Å². The summed E-state index contributed by atoms with van der Waals surface area (Å²) < 4.78 is 6.48. The Labute approximate surface area is 192 Å². The van der Waals surface area contributed by atoms with Gasteiger partial charge in [0.2, 0.25) is 0 Å². The second kappa shape index (κ2) is 9.71. The SMILES string of the molecule is COc1c(C(=O)NCCN2CCN(c3ccc(C)cc3)CC2)cc(Br)c2ccccc12. The van der Waals surface area contributed by atoms with Crippen LogP contribution in [0.1, 0.15) is 15.9 Å². The summed E-state index contributed by atoms with van der Waals surface area (Å²) in [4.78, 5) is 17.7. The Morgan fingerprint density at radius 2 is 1.71 bits per heavy atom. The highest BCUT2D eigenvalue weighted by Gasteiger charge is 2.19. The van der Waals surface area contributed by atoms with E-state index in [2.05, 4.69) is 62.2 Å². The number of carbonyl (C=O) groups excluding carboxylic acids is 1. The number of methoxy groups -OCH3 is 1. The minimum atomic E-state index is -0.110. The fourth-order valence-electron chi connectivity index (χ4n) is 4.10. The molecule has 1 N–H and O–H groups in total. The average molecular weight is 482 g/mol. The number of rotatable bonds is 6. The van der Waals surface area contributed by atoms with E-state index in [1.807, 2.05) is 30.3 Å². The normalized spacial score (nSPS) is 14.6. The van der Waals surface area contributed by atoms with Crippen molar-refractivity contribution in [2.24, 2.45) is 0 Å². The molecule has 6 heteroatoms. The molecule has 1 saturated heterocycles. The number of hydrogen-bond donors (Lipinski definition) is 1. The van der Waals surface area contributed by atoms with Gasteiger partial charge < -0.3 is 15.0 Å². The number of fused-ring (bicyclic) bond motifs is 1. The molecule has 1 aliphatic heterocycles. The number of halogens is 1. The van der Waals surface area contributed by atoms with Gasteiger partial charge in [-0.05, 0) is 30.5 Å². The maximum absolute atomic E-state index is 12.9. The molecule has 0 aliphatic carbocycles. The van der Waals surface area contributed by atoms with Crippen molar-refractivity contribution in [2.75, 3.05) is 51.3 Å². The molecule has 0 spiro atoms. The van der Waals surface area contributed by atoms with Crippen molar-refractivity contribution in [2.45, 2.75) is 6.92 Å². The van der Waals surface area contributed by atoms with E-state index in [0.29, 0.717) is 17.9 Å². The van der Waals surface area contributed by atoms with Crippen molar-refractivity contribution in [3.63, 3.8) is 0 Å². The maximum Gasteiger partial charge on any atom is 0.255 e. The quantitative estimate of drug-likeness (QED) is 0.563. The first-order chi connectivity index (χ1) is 15.1. The number of hydrogen-bond acceptors (Lipinski definition) is 4. The summed E-state index contributed by atoms with van der Waals surface area (Å²) in [6.45, 7) is 7.55. The molecule has 3 aromatic rings. The number of nitrogens with zero attached hydrogens (tertiary/aromatic N) is 2. The summed E-state index contributed by atoms with van der Waals surface area (Å²) in [5.74, 6) is 0.504. The van der Waals surface area contributed by atoms with Crippen molar-refractivity contribution >= 4 is 38.3 Å². The van der Waals surface area contributed by atoms with E-state index in [4.69, 9.17) is 4.74 Å². The van der Waals surface area contributed by atoms with Crippen LogP contribution in [0.5, 0.6) is 5.75 Å². The predicted octanol–water partition coefficient (Wildman–Crippen LogP) is 4.47. The molecular formula is C25H28BrN3O2. The van der Waals surface area contributed by atoms with E-state index in [1.54, 1.807) is 7.11 Å². The second-order valence-electron chi connectivity index (χ2n) is 7.90. The Hall–Kier alpha value is -2.57. The van der Waals surface area contributed by atoms with Gasteiger partial charge in [0.25, 0.3) is 5.91 Å². The van der Waals surface area contributed by atoms with Gasteiger partial charge in [-0.3, -0.25) is 9.69 Å². The van der Waals surface area contributed by atoms with E-state index in [-0.39, 0.29) is 5.91 Å². The molecule has 3 aromatic carbocycles. The standard InChI is InChI=1S/C25H28BrN3O2/c1-18-7-9-19(10-8-18)29-15-13-28(14-16-29)12-11-27-25(30)22-17-23(26)20-5-3-4-6-21(20)24(22)31-2/h3-10,17H,11-16H2,1-2H3,(H,27,30). The van der Waals surface area contributed by atoms with Gasteiger partial charge >= 0.3 is 0 Å². The number of amides is 1. The third kappa shape index (κ3) is 4.86. The fourth-order valence-corrected chi connectivity index (χ4v) is 4.68. The van der Waals surface area contributed by atoms with Crippen LogP contribution in [0.15, 0.2) is 59.1 Å². The summed E-state index contributed by atoms with van der Waals surface area (Å²) in [5, 5.41) is 5.02. The van der Waals surface area contributed by atoms with Gasteiger partial charge in [0, 0.05) is 54.8 Å². The van der Waals surface area contributed by atoms with E-state index >= 15 is 0 Å². The van der Waals surface area contributed by atoms with E-state index in [1.165, 1.54) is 11.3 Å². The summed E-state index contributed by atoms with van der Waals surface area (Å²) in [6.07, 6.45) is 0. The van der Waals surface area contributed by atoms with Gasteiger partial charge in [-0.1, -0.05) is 57.9 Å². The van der Waals surface area contributed by atoms with Crippen LogP contribution >= 0.6 is 15.9 Å². The van der Waals surface area contributed by atoms with E-state index in [9.17, 15) is 4.79 Å². The number of benzene rings is 3. The third-order valence-electron chi connectivity index (χ3n) is 5.88. The van der Waals surface area contributed by atoms with Gasteiger partial charge in [0.05, 0.1) is 12.7 Å². The summed E-state index contributed by atoms with van der Waals surface area (Å²) in [7, 11) is 1.61. The molecule has 31 heavy (non-hydrogen) atoms. The molecule has 1 heterocycles. The molecule has 1 fully saturated rings. The largest absolute Gasteiger partial charge is 0.495 e. The molecule has 0 aromatic heterocycles. The van der Waals surface area contributed by atoms with Crippen molar-refractivity contribution in [1.82, 2.24) is 10.2 Å². The lowest BCUT2D eigenvalue weighted by Crippen LogP contribution is -2.48. The number of piperazine rings is 1. The lowest BCUT2D eigenvalue weighted by atomic mass is 10.0. The van der Waals surface area contributed by atoms with Crippen molar-refractivity contribution in [3.05, 3.63) is 70.2 Å². The predicted molar refractivity (Wildman–Crippen MR) is 130 cm³/mol. The third-order valence-corrected chi connectivity index (χ3v) is 6.53. The molecular weight excluding hydrogens is 454 g/mol. The lowest BCUT2D eigenvalue weighted by molar-refractivity contribution is 0.0945. The van der Waals surface area contributed by atoms with Crippen molar-refractivity contribution in [1.29, 1.82) is 0 Å². The molecule has 1 amide bonds. The highest BCUT2D eigenvalue weighted by molar-refractivity contribution is 9.10. The van der Waals surface area contributed by atoms with Crippen LogP contribution in [0.2, 0.25) is 0 Å². The van der Waals surface area contributed by atoms with Gasteiger partial charge in [-0.15, -0.1) is 0 Å². The van der Waals surface area contributed by atoms with Gasteiger partial charge in [-0.25, -0.2) is 0 Å². The van der Waals surface area contributed by atoms with E-state index in [0.717, 1.165) is 48.0 Å².